The third kappa shape index (κ3) is 2.17. The lowest BCUT2D eigenvalue weighted by molar-refractivity contribution is -0.117. The van der Waals surface area contributed by atoms with Crippen LogP contribution in [0.1, 0.15) is 6.42 Å². The van der Waals surface area contributed by atoms with Gasteiger partial charge in [0.05, 0.1) is 15.7 Å². The Morgan fingerprint density at radius 3 is 2.76 bits per heavy atom. The summed E-state index contributed by atoms with van der Waals surface area (Å²) < 4.78 is 13.9. The first-order valence-corrected chi connectivity index (χ1v) is 5.86. The Morgan fingerprint density at radius 2 is 2.18 bits per heavy atom. The van der Waals surface area contributed by atoms with Crippen LogP contribution >= 0.6 is 23.2 Å². The summed E-state index contributed by atoms with van der Waals surface area (Å²) in [7, 11) is 0. The molecule has 0 saturated carbocycles. The first-order valence-electron chi connectivity index (χ1n) is 5.11. The smallest absolute Gasteiger partial charge is 0.227 e. The summed E-state index contributed by atoms with van der Waals surface area (Å²) in [5, 5.41) is -0.0150. The van der Waals surface area contributed by atoms with Gasteiger partial charge in [-0.1, -0.05) is 29.3 Å². The highest BCUT2D eigenvalue weighted by atomic mass is 35.5. The molecule has 1 atom stereocenters. The molecular formula is C12H10Cl2FNO. The molecule has 1 aliphatic rings. The summed E-state index contributed by atoms with van der Waals surface area (Å²) in [6.07, 6.45) is 2.05. The second-order valence-corrected chi connectivity index (χ2v) is 4.68. The molecule has 0 aromatic heterocycles. The van der Waals surface area contributed by atoms with Crippen LogP contribution in [0.15, 0.2) is 24.8 Å². The Hall–Kier alpha value is -1.06. The second kappa shape index (κ2) is 4.67. The van der Waals surface area contributed by atoms with Gasteiger partial charge in [-0.2, -0.15) is 0 Å². The van der Waals surface area contributed by atoms with Crippen molar-refractivity contribution in [1.29, 1.82) is 0 Å². The number of nitrogens with zero attached hydrogens (tertiary/aromatic N) is 1. The first-order chi connectivity index (χ1) is 8.04. The van der Waals surface area contributed by atoms with Crippen LogP contribution in [0.2, 0.25) is 10.0 Å². The van der Waals surface area contributed by atoms with E-state index in [1.54, 1.807) is 6.08 Å². The molecule has 17 heavy (non-hydrogen) atoms. The minimum atomic E-state index is -0.655. The van der Waals surface area contributed by atoms with Gasteiger partial charge < -0.3 is 4.90 Å². The van der Waals surface area contributed by atoms with Crippen molar-refractivity contribution >= 4 is 34.8 Å². The lowest BCUT2D eigenvalue weighted by atomic mass is 10.1. The van der Waals surface area contributed by atoms with E-state index in [0.29, 0.717) is 13.0 Å². The van der Waals surface area contributed by atoms with Gasteiger partial charge in [-0.3, -0.25) is 4.79 Å². The normalized spacial score (nSPS) is 19.8. The molecule has 1 fully saturated rings. The van der Waals surface area contributed by atoms with Crippen LogP contribution in [0.25, 0.3) is 0 Å². The van der Waals surface area contributed by atoms with E-state index in [2.05, 4.69) is 6.58 Å². The van der Waals surface area contributed by atoms with Crippen molar-refractivity contribution in [2.24, 2.45) is 5.92 Å². The van der Waals surface area contributed by atoms with Gasteiger partial charge in [0.2, 0.25) is 5.91 Å². The van der Waals surface area contributed by atoms with Crippen molar-refractivity contribution in [3.63, 3.8) is 0 Å². The number of benzene rings is 1. The maximum atomic E-state index is 13.9. The zero-order valence-electron chi connectivity index (χ0n) is 8.92. The molecule has 2 nitrogen and oxygen atoms in total. The standard InChI is InChI=1S/C12H10Cl2FNO/c1-2-7-5-10(17)16(6-7)9-4-3-8(13)11(14)12(9)15/h2-4,7H,1,5-6H2. The molecule has 1 aliphatic heterocycles. The SMILES string of the molecule is C=CC1CC(=O)N(c2ccc(Cl)c(Cl)c2F)C1. The van der Waals surface area contributed by atoms with Gasteiger partial charge in [0, 0.05) is 18.9 Å². The summed E-state index contributed by atoms with van der Waals surface area (Å²) >= 11 is 11.4. The number of amides is 1. The van der Waals surface area contributed by atoms with Crippen LogP contribution in [-0.4, -0.2) is 12.5 Å². The van der Waals surface area contributed by atoms with E-state index in [1.165, 1.54) is 17.0 Å². The van der Waals surface area contributed by atoms with Gasteiger partial charge in [-0.05, 0) is 12.1 Å². The maximum Gasteiger partial charge on any atom is 0.227 e. The molecule has 1 aromatic carbocycles. The fourth-order valence-electron chi connectivity index (χ4n) is 1.85. The minimum absolute atomic E-state index is 0.0522. The number of carbonyl (C=O) groups excluding carboxylic acids is 1. The molecule has 1 aromatic rings. The maximum absolute atomic E-state index is 13.9. The quantitative estimate of drug-likeness (QED) is 0.595. The highest BCUT2D eigenvalue weighted by molar-refractivity contribution is 6.42. The lowest BCUT2D eigenvalue weighted by Crippen LogP contribution is -2.25. The van der Waals surface area contributed by atoms with Crippen molar-refractivity contribution in [3.8, 4) is 0 Å². The van der Waals surface area contributed by atoms with E-state index in [1.807, 2.05) is 0 Å². The Bertz CT molecular complexity index is 490. The molecule has 1 amide bonds. The third-order valence-electron chi connectivity index (χ3n) is 2.79. The van der Waals surface area contributed by atoms with E-state index in [9.17, 15) is 9.18 Å². The van der Waals surface area contributed by atoms with Crippen LogP contribution < -0.4 is 4.90 Å². The summed E-state index contributed by atoms with van der Waals surface area (Å²) in [5.74, 6) is -0.735. The number of halogens is 3. The third-order valence-corrected chi connectivity index (χ3v) is 3.58. The van der Waals surface area contributed by atoms with Crippen LogP contribution in [0.3, 0.4) is 0 Å². The van der Waals surface area contributed by atoms with Crippen molar-refractivity contribution in [3.05, 3.63) is 40.7 Å². The zero-order chi connectivity index (χ0) is 12.6. The van der Waals surface area contributed by atoms with Crippen molar-refractivity contribution in [2.75, 3.05) is 11.4 Å². The van der Waals surface area contributed by atoms with Gasteiger partial charge in [0.15, 0.2) is 5.82 Å². The topological polar surface area (TPSA) is 20.3 Å². The highest BCUT2D eigenvalue weighted by Crippen LogP contribution is 2.34. The van der Waals surface area contributed by atoms with Crippen molar-refractivity contribution in [1.82, 2.24) is 0 Å². The fourth-order valence-corrected chi connectivity index (χ4v) is 2.16. The van der Waals surface area contributed by atoms with Gasteiger partial charge in [0.1, 0.15) is 0 Å². The molecule has 0 bridgehead atoms. The molecule has 1 saturated heterocycles. The minimum Gasteiger partial charge on any atom is -0.309 e. The van der Waals surface area contributed by atoms with E-state index in [-0.39, 0.29) is 27.6 Å². The molecule has 1 unspecified atom stereocenters. The first kappa shape index (κ1) is 12.4. The average molecular weight is 274 g/mol. The van der Waals surface area contributed by atoms with Gasteiger partial charge in [-0.15, -0.1) is 6.58 Å². The molecule has 0 aliphatic carbocycles. The number of hydrogen-bond acceptors (Lipinski definition) is 1. The highest BCUT2D eigenvalue weighted by Gasteiger charge is 2.31. The second-order valence-electron chi connectivity index (χ2n) is 3.90. The monoisotopic (exact) mass is 273 g/mol. The van der Waals surface area contributed by atoms with Crippen LogP contribution in [-0.2, 0) is 4.79 Å². The van der Waals surface area contributed by atoms with Crippen molar-refractivity contribution < 1.29 is 9.18 Å². The predicted molar refractivity (Wildman–Crippen MR) is 67.1 cm³/mol. The number of rotatable bonds is 2. The molecular weight excluding hydrogens is 264 g/mol. The molecule has 5 heteroatoms. The summed E-state index contributed by atoms with van der Waals surface area (Å²) in [4.78, 5) is 13.1. The summed E-state index contributed by atoms with van der Waals surface area (Å²) in [6.45, 7) is 4.07. The van der Waals surface area contributed by atoms with Crippen molar-refractivity contribution in [2.45, 2.75) is 6.42 Å². The Balaban J connectivity index is 2.39. The Morgan fingerprint density at radius 1 is 1.47 bits per heavy atom. The van der Waals surface area contributed by atoms with E-state index >= 15 is 0 Å². The van der Waals surface area contributed by atoms with Crippen LogP contribution in [0.4, 0.5) is 10.1 Å². The van der Waals surface area contributed by atoms with E-state index in [0.717, 1.165) is 0 Å². The average Bonchev–Trinajstić information content (AvgIpc) is 2.68. The zero-order valence-corrected chi connectivity index (χ0v) is 10.4. The Kier molecular flexibility index (Phi) is 3.40. The molecule has 0 spiro atoms. The molecule has 2 rings (SSSR count). The van der Waals surface area contributed by atoms with E-state index < -0.39 is 5.82 Å². The van der Waals surface area contributed by atoms with Gasteiger partial charge in [0.25, 0.3) is 0 Å². The molecule has 0 radical (unpaired) electrons. The number of carbonyl (C=O) groups is 1. The van der Waals surface area contributed by atoms with Gasteiger partial charge >= 0.3 is 0 Å². The van der Waals surface area contributed by atoms with Crippen LogP contribution in [0, 0.1) is 11.7 Å². The Labute approximate surface area is 109 Å². The predicted octanol–water partition coefficient (Wildman–Crippen LogP) is 3.67. The fraction of sp³-hybridized carbons (Fsp3) is 0.250. The van der Waals surface area contributed by atoms with Gasteiger partial charge in [-0.25, -0.2) is 4.39 Å². The van der Waals surface area contributed by atoms with Crippen LogP contribution in [0.5, 0.6) is 0 Å². The summed E-state index contributed by atoms with van der Waals surface area (Å²) in [6, 6.07) is 2.95. The molecule has 0 N–H and O–H groups in total. The van der Waals surface area contributed by atoms with E-state index in [4.69, 9.17) is 23.2 Å². The molecule has 1 heterocycles. The largest absolute Gasteiger partial charge is 0.309 e. The number of anilines is 1. The lowest BCUT2D eigenvalue weighted by Gasteiger charge is -2.17. The molecule has 90 valence electrons. The summed E-state index contributed by atoms with van der Waals surface area (Å²) in [5.41, 5.74) is 0.175. The number of hydrogen-bond donors (Lipinski definition) is 0.